The van der Waals surface area contributed by atoms with Crippen LogP contribution in [0.25, 0.3) is 0 Å². The van der Waals surface area contributed by atoms with Gasteiger partial charge in [0.2, 0.25) is 5.91 Å². The van der Waals surface area contributed by atoms with Crippen molar-refractivity contribution in [2.75, 3.05) is 11.9 Å². The predicted molar refractivity (Wildman–Crippen MR) is 97.5 cm³/mol. The normalized spacial score (nSPS) is 10.5. The number of nitrogens with zero attached hydrogens (tertiary/aromatic N) is 2. The number of thiophene rings is 1. The summed E-state index contributed by atoms with van der Waals surface area (Å²) in [5.74, 6) is -2.42. The van der Waals surface area contributed by atoms with E-state index in [1.807, 2.05) is 0 Å². The number of aryl methyl sites for hydroxylation is 1. The fourth-order valence-corrected chi connectivity index (χ4v) is 3.58. The van der Waals surface area contributed by atoms with Gasteiger partial charge in [-0.25, -0.2) is 9.59 Å². The standard InChI is InChI=1S/C17H19N3O6S/c1-4-26-17(25)13-9(2)14(10(3)21)27-15(13)19-12(22)6-8-20-11(16(23)24)5-7-18-20/h5,7H,4,6,8H2,1-3H3,(H,19,22)(H,23,24). The first-order chi connectivity index (χ1) is 12.8. The molecule has 0 saturated heterocycles. The quantitative estimate of drug-likeness (QED) is 0.520. The number of amides is 1. The van der Waals surface area contributed by atoms with Crippen molar-refractivity contribution in [2.45, 2.75) is 33.7 Å². The smallest absolute Gasteiger partial charge is 0.354 e. The third-order valence-corrected chi connectivity index (χ3v) is 4.99. The zero-order chi connectivity index (χ0) is 20.1. The highest BCUT2D eigenvalue weighted by molar-refractivity contribution is 7.18. The van der Waals surface area contributed by atoms with Gasteiger partial charge in [0.05, 0.1) is 23.6 Å². The number of ether oxygens (including phenoxy) is 1. The van der Waals surface area contributed by atoms with Crippen molar-refractivity contribution in [3.05, 3.63) is 34.0 Å². The van der Waals surface area contributed by atoms with Crippen LogP contribution in [-0.2, 0) is 16.1 Å². The lowest BCUT2D eigenvalue weighted by atomic mass is 10.1. The van der Waals surface area contributed by atoms with Crippen LogP contribution in [0, 0.1) is 6.92 Å². The molecule has 0 bridgehead atoms. The van der Waals surface area contributed by atoms with Crippen molar-refractivity contribution in [2.24, 2.45) is 0 Å². The monoisotopic (exact) mass is 393 g/mol. The highest BCUT2D eigenvalue weighted by atomic mass is 32.1. The molecular weight excluding hydrogens is 374 g/mol. The molecule has 27 heavy (non-hydrogen) atoms. The number of carboxylic acid groups (broad SMARTS) is 1. The van der Waals surface area contributed by atoms with Gasteiger partial charge in [-0.2, -0.15) is 5.10 Å². The molecule has 144 valence electrons. The largest absolute Gasteiger partial charge is 0.477 e. The maximum Gasteiger partial charge on any atom is 0.354 e. The molecule has 0 aliphatic rings. The van der Waals surface area contributed by atoms with Crippen molar-refractivity contribution in [3.8, 4) is 0 Å². The van der Waals surface area contributed by atoms with Crippen molar-refractivity contribution in [3.63, 3.8) is 0 Å². The molecule has 10 heteroatoms. The number of carbonyl (C=O) groups is 4. The van der Waals surface area contributed by atoms with Gasteiger partial charge in [0.25, 0.3) is 0 Å². The number of carbonyl (C=O) groups excluding carboxylic acids is 3. The van der Waals surface area contributed by atoms with Crippen molar-refractivity contribution in [1.82, 2.24) is 9.78 Å². The number of nitrogens with one attached hydrogen (secondary N) is 1. The van der Waals surface area contributed by atoms with Crippen LogP contribution >= 0.6 is 11.3 Å². The molecule has 1 amide bonds. The Labute approximate surface area is 158 Å². The molecule has 9 nitrogen and oxygen atoms in total. The second-order valence-corrected chi connectivity index (χ2v) is 6.60. The molecule has 2 rings (SSSR count). The third kappa shape index (κ3) is 4.59. The maximum absolute atomic E-state index is 12.3. The number of anilines is 1. The molecule has 0 saturated carbocycles. The SMILES string of the molecule is CCOC(=O)c1c(NC(=O)CCn2nccc2C(=O)O)sc(C(C)=O)c1C. The van der Waals surface area contributed by atoms with E-state index < -0.39 is 17.8 Å². The summed E-state index contributed by atoms with van der Waals surface area (Å²) in [5, 5.41) is 15.8. The average Bonchev–Trinajstić information content (AvgIpc) is 3.17. The Morgan fingerprint density at radius 2 is 2.04 bits per heavy atom. The van der Waals surface area contributed by atoms with Crippen LogP contribution in [0.3, 0.4) is 0 Å². The summed E-state index contributed by atoms with van der Waals surface area (Å²) in [7, 11) is 0. The van der Waals surface area contributed by atoms with Gasteiger partial charge in [0.15, 0.2) is 5.78 Å². The van der Waals surface area contributed by atoms with Crippen LogP contribution in [0.15, 0.2) is 12.3 Å². The summed E-state index contributed by atoms with van der Waals surface area (Å²) in [6, 6.07) is 1.33. The zero-order valence-corrected chi connectivity index (χ0v) is 15.9. The number of aromatic nitrogens is 2. The van der Waals surface area contributed by atoms with Crippen molar-refractivity contribution >= 4 is 40.0 Å². The van der Waals surface area contributed by atoms with Gasteiger partial charge in [-0.05, 0) is 32.4 Å². The van der Waals surface area contributed by atoms with Crippen LogP contribution < -0.4 is 5.32 Å². The lowest BCUT2D eigenvalue weighted by Crippen LogP contribution is -2.18. The Morgan fingerprint density at radius 3 is 2.63 bits per heavy atom. The number of Topliss-reactive ketones (excluding diaryl/α,β-unsaturated/α-hetero) is 1. The lowest BCUT2D eigenvalue weighted by molar-refractivity contribution is -0.116. The van der Waals surface area contributed by atoms with Gasteiger partial charge < -0.3 is 15.2 Å². The van der Waals surface area contributed by atoms with Crippen molar-refractivity contribution < 1.29 is 29.0 Å². The fourth-order valence-electron chi connectivity index (χ4n) is 2.48. The number of hydrogen-bond donors (Lipinski definition) is 2. The van der Waals surface area contributed by atoms with E-state index in [-0.39, 0.29) is 41.6 Å². The van der Waals surface area contributed by atoms with Gasteiger partial charge >= 0.3 is 11.9 Å². The molecule has 0 radical (unpaired) electrons. The predicted octanol–water partition coefficient (Wildman–Crippen LogP) is 2.36. The second kappa shape index (κ2) is 8.58. The van der Waals surface area contributed by atoms with Crippen LogP contribution in [0.5, 0.6) is 0 Å². The maximum atomic E-state index is 12.3. The number of aromatic carboxylic acids is 1. The van der Waals surface area contributed by atoms with E-state index in [9.17, 15) is 19.2 Å². The summed E-state index contributed by atoms with van der Waals surface area (Å²) in [6.45, 7) is 4.88. The Morgan fingerprint density at radius 1 is 1.33 bits per heavy atom. The topological polar surface area (TPSA) is 128 Å². The van der Waals surface area contributed by atoms with Crippen LogP contribution in [0.1, 0.15) is 56.3 Å². The Hall–Kier alpha value is -3.01. The van der Waals surface area contributed by atoms with E-state index in [0.717, 1.165) is 11.3 Å². The first-order valence-electron chi connectivity index (χ1n) is 8.12. The number of ketones is 1. The first kappa shape index (κ1) is 20.3. The minimum Gasteiger partial charge on any atom is -0.477 e. The Kier molecular flexibility index (Phi) is 6.45. The molecule has 0 unspecified atom stereocenters. The van der Waals surface area contributed by atoms with E-state index in [1.54, 1.807) is 13.8 Å². The molecule has 0 aliphatic carbocycles. The highest BCUT2D eigenvalue weighted by Gasteiger charge is 2.25. The number of rotatable bonds is 8. The first-order valence-corrected chi connectivity index (χ1v) is 8.94. The van der Waals surface area contributed by atoms with Crippen LogP contribution in [0.4, 0.5) is 5.00 Å². The van der Waals surface area contributed by atoms with Crippen LogP contribution in [0.2, 0.25) is 0 Å². The second-order valence-electron chi connectivity index (χ2n) is 5.58. The van der Waals surface area contributed by atoms with E-state index >= 15 is 0 Å². The molecule has 0 spiro atoms. The Balaban J connectivity index is 2.17. The Bertz CT molecular complexity index is 899. The minimum atomic E-state index is -1.14. The molecule has 0 aliphatic heterocycles. The van der Waals surface area contributed by atoms with Crippen LogP contribution in [-0.4, -0.2) is 45.1 Å². The highest BCUT2D eigenvalue weighted by Crippen LogP contribution is 2.34. The zero-order valence-electron chi connectivity index (χ0n) is 15.1. The number of hydrogen-bond acceptors (Lipinski definition) is 7. The molecule has 2 aromatic rings. The van der Waals surface area contributed by atoms with Crippen molar-refractivity contribution in [1.29, 1.82) is 0 Å². The molecule has 2 aromatic heterocycles. The number of esters is 1. The summed E-state index contributed by atoms with van der Waals surface area (Å²) < 4.78 is 6.21. The van der Waals surface area contributed by atoms with Gasteiger partial charge in [0, 0.05) is 12.6 Å². The van der Waals surface area contributed by atoms with E-state index in [1.165, 1.54) is 23.9 Å². The summed E-state index contributed by atoms with van der Waals surface area (Å²) in [5.41, 5.74) is 0.591. The third-order valence-electron chi connectivity index (χ3n) is 3.69. The molecule has 0 fully saturated rings. The van der Waals surface area contributed by atoms with Gasteiger partial charge in [-0.3, -0.25) is 14.3 Å². The van der Waals surface area contributed by atoms with Gasteiger partial charge in [-0.1, -0.05) is 0 Å². The molecule has 0 atom stereocenters. The summed E-state index contributed by atoms with van der Waals surface area (Å²) >= 11 is 1.01. The average molecular weight is 393 g/mol. The minimum absolute atomic E-state index is 0.0270. The molecular formula is C17H19N3O6S. The van der Waals surface area contributed by atoms with E-state index in [2.05, 4.69) is 10.4 Å². The van der Waals surface area contributed by atoms with Gasteiger partial charge in [0.1, 0.15) is 10.7 Å². The van der Waals surface area contributed by atoms with E-state index in [0.29, 0.717) is 10.4 Å². The molecule has 0 aromatic carbocycles. The summed E-state index contributed by atoms with van der Waals surface area (Å²) in [6.07, 6.45) is 1.28. The number of carboxylic acids is 1. The molecule has 2 N–H and O–H groups in total. The van der Waals surface area contributed by atoms with Gasteiger partial charge in [-0.15, -0.1) is 11.3 Å². The fraction of sp³-hybridized carbons (Fsp3) is 0.353. The lowest BCUT2D eigenvalue weighted by Gasteiger charge is -2.08. The van der Waals surface area contributed by atoms with E-state index in [4.69, 9.17) is 9.84 Å². The summed E-state index contributed by atoms with van der Waals surface area (Å²) in [4.78, 5) is 47.7. The molecule has 2 heterocycles.